The van der Waals surface area contributed by atoms with Crippen LogP contribution in [-0.2, 0) is 6.42 Å². The summed E-state index contributed by atoms with van der Waals surface area (Å²) >= 11 is 0. The van der Waals surface area contributed by atoms with Crippen LogP contribution in [0.1, 0.15) is 31.4 Å². The van der Waals surface area contributed by atoms with E-state index in [0.717, 1.165) is 12.2 Å². The van der Waals surface area contributed by atoms with Gasteiger partial charge < -0.3 is 15.1 Å². The third-order valence-electron chi connectivity index (χ3n) is 4.05. The van der Waals surface area contributed by atoms with E-state index in [9.17, 15) is 0 Å². The van der Waals surface area contributed by atoms with Crippen molar-refractivity contribution < 1.29 is 4.42 Å². The first kappa shape index (κ1) is 11.7. The molecular formula is C13H22N2O. The molecule has 1 saturated carbocycles. The topological polar surface area (TPSA) is 42.4 Å². The van der Waals surface area contributed by atoms with Crippen molar-refractivity contribution in [3.05, 3.63) is 24.2 Å². The van der Waals surface area contributed by atoms with Gasteiger partial charge >= 0.3 is 0 Å². The number of hydrogen-bond acceptors (Lipinski definition) is 3. The van der Waals surface area contributed by atoms with Gasteiger partial charge in [0, 0.05) is 18.0 Å². The van der Waals surface area contributed by atoms with Crippen molar-refractivity contribution in [3.8, 4) is 0 Å². The van der Waals surface area contributed by atoms with E-state index in [4.69, 9.17) is 10.2 Å². The molecule has 2 N–H and O–H groups in total. The molecule has 1 aliphatic rings. The fourth-order valence-corrected chi connectivity index (χ4v) is 2.97. The summed E-state index contributed by atoms with van der Waals surface area (Å²) in [6.45, 7) is 0. The van der Waals surface area contributed by atoms with Crippen molar-refractivity contribution in [1.82, 2.24) is 4.90 Å². The highest BCUT2D eigenvalue weighted by Gasteiger charge is 2.41. The Kier molecular flexibility index (Phi) is 3.36. The number of nitrogens with zero attached hydrogens (tertiary/aromatic N) is 1. The molecule has 1 atom stereocenters. The lowest BCUT2D eigenvalue weighted by Gasteiger charge is -2.41. The lowest BCUT2D eigenvalue weighted by atomic mass is 9.85. The molecule has 1 unspecified atom stereocenters. The summed E-state index contributed by atoms with van der Waals surface area (Å²) in [7, 11) is 4.29. The molecule has 0 aliphatic heterocycles. The molecule has 1 aromatic rings. The Bertz CT molecular complexity index is 313. The van der Waals surface area contributed by atoms with Crippen molar-refractivity contribution in [3.63, 3.8) is 0 Å². The first-order chi connectivity index (χ1) is 7.65. The van der Waals surface area contributed by atoms with E-state index < -0.39 is 0 Å². The highest BCUT2D eigenvalue weighted by atomic mass is 16.3. The normalized spacial score (nSPS) is 21.5. The Morgan fingerprint density at radius 3 is 2.62 bits per heavy atom. The summed E-state index contributed by atoms with van der Waals surface area (Å²) < 4.78 is 5.39. The summed E-state index contributed by atoms with van der Waals surface area (Å²) in [5.74, 6) is 1.00. The van der Waals surface area contributed by atoms with Crippen LogP contribution in [-0.4, -0.2) is 30.6 Å². The van der Waals surface area contributed by atoms with Crippen LogP contribution in [0.15, 0.2) is 22.8 Å². The van der Waals surface area contributed by atoms with Crippen LogP contribution in [0.3, 0.4) is 0 Å². The van der Waals surface area contributed by atoms with E-state index in [0.29, 0.717) is 0 Å². The molecule has 1 heterocycles. The maximum Gasteiger partial charge on any atom is 0.105 e. The van der Waals surface area contributed by atoms with Crippen LogP contribution in [0.25, 0.3) is 0 Å². The standard InChI is InChI=1S/C13H22N2O/c1-15(2)13(7-3-4-8-13)12(14)10-11-6-5-9-16-11/h5-6,9,12H,3-4,7-8,10,14H2,1-2H3. The van der Waals surface area contributed by atoms with Crippen molar-refractivity contribution >= 4 is 0 Å². The average molecular weight is 222 g/mol. The molecule has 1 fully saturated rings. The largest absolute Gasteiger partial charge is 0.469 e. The second kappa shape index (κ2) is 4.60. The lowest BCUT2D eigenvalue weighted by molar-refractivity contribution is 0.120. The summed E-state index contributed by atoms with van der Waals surface area (Å²) in [5, 5.41) is 0. The van der Waals surface area contributed by atoms with Crippen molar-refractivity contribution in [2.45, 2.75) is 43.7 Å². The molecule has 3 nitrogen and oxygen atoms in total. The van der Waals surface area contributed by atoms with Gasteiger partial charge in [-0.2, -0.15) is 0 Å². The number of nitrogens with two attached hydrogens (primary N) is 1. The summed E-state index contributed by atoms with van der Waals surface area (Å²) in [4.78, 5) is 2.31. The fraction of sp³-hybridized carbons (Fsp3) is 0.692. The van der Waals surface area contributed by atoms with Gasteiger partial charge in [-0.15, -0.1) is 0 Å². The van der Waals surface area contributed by atoms with E-state index >= 15 is 0 Å². The molecule has 0 amide bonds. The Morgan fingerprint density at radius 1 is 1.44 bits per heavy atom. The minimum atomic E-state index is 0.163. The van der Waals surface area contributed by atoms with E-state index in [-0.39, 0.29) is 11.6 Å². The second-order valence-electron chi connectivity index (χ2n) is 5.10. The first-order valence-corrected chi connectivity index (χ1v) is 6.10. The summed E-state index contributed by atoms with van der Waals surface area (Å²) in [6.07, 6.45) is 7.57. The van der Waals surface area contributed by atoms with Gasteiger partial charge in [0.2, 0.25) is 0 Å². The Morgan fingerprint density at radius 2 is 2.12 bits per heavy atom. The SMILES string of the molecule is CN(C)C1(C(N)Cc2ccco2)CCCC1. The molecule has 0 radical (unpaired) electrons. The smallest absolute Gasteiger partial charge is 0.105 e. The molecule has 0 saturated heterocycles. The number of hydrogen-bond donors (Lipinski definition) is 1. The van der Waals surface area contributed by atoms with Gasteiger partial charge in [-0.05, 0) is 39.1 Å². The molecular weight excluding hydrogens is 200 g/mol. The summed E-state index contributed by atoms with van der Waals surface area (Å²) in [6, 6.07) is 4.10. The van der Waals surface area contributed by atoms with Gasteiger partial charge in [0.1, 0.15) is 5.76 Å². The van der Waals surface area contributed by atoms with E-state index in [1.807, 2.05) is 12.1 Å². The van der Waals surface area contributed by atoms with Gasteiger partial charge in [0.25, 0.3) is 0 Å². The van der Waals surface area contributed by atoms with Gasteiger partial charge in [-0.1, -0.05) is 12.8 Å². The van der Waals surface area contributed by atoms with Crippen LogP contribution >= 0.6 is 0 Å². The van der Waals surface area contributed by atoms with Gasteiger partial charge in [0.05, 0.1) is 6.26 Å². The maximum absolute atomic E-state index is 6.40. The highest BCUT2D eigenvalue weighted by Crippen LogP contribution is 2.36. The fourth-order valence-electron chi connectivity index (χ4n) is 2.97. The van der Waals surface area contributed by atoms with Crippen LogP contribution in [0.4, 0.5) is 0 Å². The van der Waals surface area contributed by atoms with Crippen LogP contribution in [0, 0.1) is 0 Å². The van der Waals surface area contributed by atoms with Crippen LogP contribution in [0.5, 0.6) is 0 Å². The second-order valence-corrected chi connectivity index (χ2v) is 5.10. The van der Waals surface area contributed by atoms with Crippen LogP contribution in [0.2, 0.25) is 0 Å². The minimum Gasteiger partial charge on any atom is -0.469 e. The lowest BCUT2D eigenvalue weighted by Crippen LogP contribution is -2.56. The van der Waals surface area contributed by atoms with E-state index in [1.165, 1.54) is 25.7 Å². The molecule has 90 valence electrons. The predicted molar refractivity (Wildman–Crippen MR) is 65.3 cm³/mol. The van der Waals surface area contributed by atoms with E-state index in [2.05, 4.69) is 19.0 Å². The Balaban J connectivity index is 2.08. The minimum absolute atomic E-state index is 0.163. The average Bonchev–Trinajstić information content (AvgIpc) is 2.87. The van der Waals surface area contributed by atoms with Crippen molar-refractivity contribution in [2.24, 2.45) is 5.73 Å². The molecule has 1 aliphatic carbocycles. The van der Waals surface area contributed by atoms with Crippen LogP contribution < -0.4 is 5.73 Å². The van der Waals surface area contributed by atoms with Crippen molar-refractivity contribution in [1.29, 1.82) is 0 Å². The molecule has 16 heavy (non-hydrogen) atoms. The zero-order valence-electron chi connectivity index (χ0n) is 10.3. The predicted octanol–water partition coefficient (Wildman–Crippen LogP) is 2.02. The highest BCUT2D eigenvalue weighted by molar-refractivity contribution is 5.08. The maximum atomic E-state index is 6.40. The molecule has 3 heteroatoms. The van der Waals surface area contributed by atoms with E-state index in [1.54, 1.807) is 6.26 Å². The molecule has 0 spiro atoms. The van der Waals surface area contributed by atoms with Gasteiger partial charge in [-0.3, -0.25) is 0 Å². The van der Waals surface area contributed by atoms with Crippen molar-refractivity contribution in [2.75, 3.05) is 14.1 Å². The Labute approximate surface area is 97.6 Å². The molecule has 0 aromatic carbocycles. The monoisotopic (exact) mass is 222 g/mol. The Hall–Kier alpha value is -0.800. The first-order valence-electron chi connectivity index (χ1n) is 6.10. The number of furan rings is 1. The zero-order chi connectivity index (χ0) is 11.6. The summed E-state index contributed by atoms with van der Waals surface area (Å²) in [5.41, 5.74) is 6.58. The zero-order valence-corrected chi connectivity index (χ0v) is 10.3. The molecule has 2 rings (SSSR count). The number of rotatable bonds is 4. The number of likely N-dealkylation sites (N-methyl/N-ethyl adjacent to an activating group) is 1. The third-order valence-corrected chi connectivity index (χ3v) is 4.05. The molecule has 1 aromatic heterocycles. The van der Waals surface area contributed by atoms with Gasteiger partial charge in [-0.25, -0.2) is 0 Å². The third kappa shape index (κ3) is 2.02. The van der Waals surface area contributed by atoms with Gasteiger partial charge in [0.15, 0.2) is 0 Å². The quantitative estimate of drug-likeness (QED) is 0.847. The molecule has 0 bridgehead atoms.